The largest absolute Gasteiger partial charge is 0.490 e. The molecular formula is C24H22BrClN4O2S. The molecule has 0 atom stereocenters. The molecule has 3 aromatic carbocycles. The summed E-state index contributed by atoms with van der Waals surface area (Å²) >= 11 is 15.3. The van der Waals surface area contributed by atoms with Gasteiger partial charge in [0.25, 0.3) is 0 Å². The molecule has 6 nitrogen and oxygen atoms in total. The van der Waals surface area contributed by atoms with E-state index in [1.54, 1.807) is 4.68 Å². The van der Waals surface area contributed by atoms with Gasteiger partial charge in [-0.3, -0.25) is 0 Å². The Balaban J connectivity index is 1.54. The Labute approximate surface area is 210 Å². The zero-order valence-corrected chi connectivity index (χ0v) is 21.0. The van der Waals surface area contributed by atoms with E-state index < -0.39 is 0 Å². The Kier molecular flexibility index (Phi) is 7.69. The number of aromatic nitrogens is 3. The fourth-order valence-corrected chi connectivity index (χ4v) is 4.28. The smallest absolute Gasteiger partial charge is 0.214 e. The molecule has 0 bridgehead atoms. The minimum absolute atomic E-state index is 0.334. The summed E-state index contributed by atoms with van der Waals surface area (Å²) in [5, 5.41) is 7.87. The molecule has 2 N–H and O–H groups in total. The van der Waals surface area contributed by atoms with E-state index >= 15 is 0 Å². The average Bonchev–Trinajstić information content (AvgIpc) is 3.19. The van der Waals surface area contributed by atoms with E-state index in [0.29, 0.717) is 46.9 Å². The maximum Gasteiger partial charge on any atom is 0.214 e. The summed E-state index contributed by atoms with van der Waals surface area (Å²) in [7, 11) is 0. The lowest BCUT2D eigenvalue weighted by atomic mass is 10.2. The highest BCUT2D eigenvalue weighted by molar-refractivity contribution is 9.10. The van der Waals surface area contributed by atoms with Crippen molar-refractivity contribution in [3.05, 3.63) is 92.1 Å². The predicted molar refractivity (Wildman–Crippen MR) is 137 cm³/mol. The van der Waals surface area contributed by atoms with Gasteiger partial charge in [-0.15, -0.1) is 0 Å². The van der Waals surface area contributed by atoms with E-state index in [1.165, 1.54) is 0 Å². The van der Waals surface area contributed by atoms with Gasteiger partial charge in [-0.1, -0.05) is 60.1 Å². The van der Waals surface area contributed by atoms with Gasteiger partial charge < -0.3 is 14.9 Å². The van der Waals surface area contributed by atoms with Crippen molar-refractivity contribution >= 4 is 39.7 Å². The molecule has 0 aliphatic heterocycles. The number of benzene rings is 3. The molecule has 0 spiro atoms. The number of ether oxygens (including phenoxy) is 2. The summed E-state index contributed by atoms with van der Waals surface area (Å²) in [6, 6.07) is 21.4. The van der Waals surface area contributed by atoms with Gasteiger partial charge in [-0.25, -0.2) is 9.77 Å². The zero-order valence-electron chi connectivity index (χ0n) is 17.8. The Hall–Kier alpha value is -2.81. The van der Waals surface area contributed by atoms with Gasteiger partial charge in [-0.2, -0.15) is 5.10 Å². The fourth-order valence-electron chi connectivity index (χ4n) is 3.29. The molecule has 0 saturated heterocycles. The first kappa shape index (κ1) is 23.4. The van der Waals surface area contributed by atoms with Crippen LogP contribution in [-0.4, -0.2) is 21.5 Å². The van der Waals surface area contributed by atoms with Gasteiger partial charge in [0, 0.05) is 16.1 Å². The first-order valence-corrected chi connectivity index (χ1v) is 11.9. The summed E-state index contributed by atoms with van der Waals surface area (Å²) in [6.07, 6.45) is 0. The summed E-state index contributed by atoms with van der Waals surface area (Å²) in [5.41, 5.74) is 6.19. The van der Waals surface area contributed by atoms with E-state index in [4.69, 9.17) is 33.3 Å². The van der Waals surface area contributed by atoms with Gasteiger partial charge in [-0.05, 0) is 58.8 Å². The number of hydrogen-bond donors (Lipinski definition) is 2. The topological polar surface area (TPSA) is 64.1 Å². The molecule has 0 aliphatic carbocycles. The predicted octanol–water partition coefficient (Wildman–Crippen LogP) is 6.74. The lowest BCUT2D eigenvalue weighted by Gasteiger charge is -2.17. The molecule has 0 aliphatic rings. The number of aromatic amines is 1. The van der Waals surface area contributed by atoms with Crippen LogP contribution in [0.2, 0.25) is 5.02 Å². The number of H-pyrrole nitrogens is 1. The van der Waals surface area contributed by atoms with Crippen molar-refractivity contribution in [1.82, 2.24) is 14.9 Å². The van der Waals surface area contributed by atoms with Crippen molar-refractivity contribution in [3.8, 4) is 22.9 Å². The molecule has 0 saturated carbocycles. The lowest BCUT2D eigenvalue weighted by molar-refractivity contribution is 0.267. The van der Waals surface area contributed by atoms with Gasteiger partial charge >= 0.3 is 0 Å². The standard InChI is InChI=1S/C24H22BrClN4O2S/c1-2-31-21-13-16(12-19(25)22(21)32-15-18-10-6-7-11-20(18)26)14-27-30-23(28-29-24(30)33)17-8-4-3-5-9-17/h3-13,27H,2,14-15H2,1H3,(H,29,33). The quantitative estimate of drug-likeness (QED) is 0.228. The second kappa shape index (κ2) is 10.9. The van der Waals surface area contributed by atoms with Crippen LogP contribution in [0, 0.1) is 4.77 Å². The van der Waals surface area contributed by atoms with Crippen molar-refractivity contribution in [1.29, 1.82) is 0 Å². The van der Waals surface area contributed by atoms with Crippen molar-refractivity contribution in [2.75, 3.05) is 12.0 Å². The number of nitrogens with one attached hydrogen (secondary N) is 2. The van der Waals surface area contributed by atoms with Crippen LogP contribution in [0.25, 0.3) is 11.4 Å². The van der Waals surface area contributed by atoms with E-state index in [2.05, 4.69) is 31.6 Å². The number of nitrogens with zero attached hydrogens (tertiary/aromatic N) is 2. The van der Waals surface area contributed by atoms with Crippen LogP contribution in [0.5, 0.6) is 11.5 Å². The summed E-state index contributed by atoms with van der Waals surface area (Å²) in [6.45, 7) is 3.28. The van der Waals surface area contributed by atoms with Gasteiger partial charge in [0.15, 0.2) is 17.3 Å². The van der Waals surface area contributed by atoms with Crippen LogP contribution in [0.3, 0.4) is 0 Å². The lowest BCUT2D eigenvalue weighted by Crippen LogP contribution is -2.16. The van der Waals surface area contributed by atoms with Gasteiger partial charge in [0.1, 0.15) is 6.61 Å². The van der Waals surface area contributed by atoms with Crippen LogP contribution >= 0.6 is 39.7 Å². The zero-order chi connectivity index (χ0) is 23.2. The Morgan fingerprint density at radius 3 is 2.61 bits per heavy atom. The molecular weight excluding hydrogens is 524 g/mol. The van der Waals surface area contributed by atoms with E-state index in [9.17, 15) is 0 Å². The minimum atomic E-state index is 0.334. The van der Waals surface area contributed by atoms with Crippen LogP contribution < -0.4 is 14.9 Å². The Morgan fingerprint density at radius 1 is 1.09 bits per heavy atom. The maximum absolute atomic E-state index is 6.27. The van der Waals surface area contributed by atoms with Crippen molar-refractivity contribution in [3.63, 3.8) is 0 Å². The fraction of sp³-hybridized carbons (Fsp3) is 0.167. The summed E-state index contributed by atoms with van der Waals surface area (Å²) < 4.78 is 15.0. The average molecular weight is 546 g/mol. The Bertz CT molecular complexity index is 1290. The molecule has 4 rings (SSSR count). The highest BCUT2D eigenvalue weighted by Crippen LogP contribution is 2.38. The van der Waals surface area contributed by atoms with Crippen molar-refractivity contribution < 1.29 is 9.47 Å². The SMILES string of the molecule is CCOc1cc(CNn2c(-c3ccccc3)n[nH]c2=S)cc(Br)c1OCc1ccccc1Cl. The van der Waals surface area contributed by atoms with E-state index in [-0.39, 0.29) is 0 Å². The monoisotopic (exact) mass is 544 g/mol. The second-order valence-electron chi connectivity index (χ2n) is 7.11. The second-order valence-corrected chi connectivity index (χ2v) is 8.75. The molecule has 0 radical (unpaired) electrons. The third-order valence-electron chi connectivity index (χ3n) is 4.84. The highest BCUT2D eigenvalue weighted by atomic mass is 79.9. The van der Waals surface area contributed by atoms with Crippen LogP contribution in [0.15, 0.2) is 71.2 Å². The summed E-state index contributed by atoms with van der Waals surface area (Å²) in [5.74, 6) is 1.99. The first-order chi connectivity index (χ1) is 16.1. The van der Waals surface area contributed by atoms with Crippen LogP contribution in [-0.2, 0) is 13.2 Å². The molecule has 0 unspecified atom stereocenters. The van der Waals surface area contributed by atoms with Gasteiger partial charge in [0.2, 0.25) is 4.77 Å². The molecule has 4 aromatic rings. The van der Waals surface area contributed by atoms with Gasteiger partial charge in [0.05, 0.1) is 17.6 Å². The maximum atomic E-state index is 6.27. The third-order valence-corrected chi connectivity index (χ3v) is 6.08. The first-order valence-electron chi connectivity index (χ1n) is 10.3. The molecule has 1 aromatic heterocycles. The van der Waals surface area contributed by atoms with E-state index in [1.807, 2.05) is 73.7 Å². The molecule has 0 fully saturated rings. The minimum Gasteiger partial charge on any atom is -0.490 e. The molecule has 170 valence electrons. The number of rotatable bonds is 9. The van der Waals surface area contributed by atoms with Crippen LogP contribution in [0.1, 0.15) is 18.1 Å². The molecule has 1 heterocycles. The third kappa shape index (κ3) is 5.58. The summed E-state index contributed by atoms with van der Waals surface area (Å²) in [4.78, 5) is 0. The molecule has 0 amide bonds. The number of hydrogen-bond acceptors (Lipinski definition) is 5. The number of halogens is 2. The van der Waals surface area contributed by atoms with Crippen molar-refractivity contribution in [2.45, 2.75) is 20.1 Å². The molecule has 9 heteroatoms. The normalized spacial score (nSPS) is 10.8. The Morgan fingerprint density at radius 2 is 1.85 bits per heavy atom. The van der Waals surface area contributed by atoms with Crippen molar-refractivity contribution in [2.24, 2.45) is 0 Å². The molecule has 33 heavy (non-hydrogen) atoms. The van der Waals surface area contributed by atoms with E-state index in [0.717, 1.165) is 21.2 Å². The highest BCUT2D eigenvalue weighted by Gasteiger charge is 2.14. The van der Waals surface area contributed by atoms with Crippen LogP contribution in [0.4, 0.5) is 0 Å².